The molecule has 0 aliphatic carbocycles. The molecule has 13 heteroatoms. The molecule has 0 atom stereocenters. The fourth-order valence-electron chi connectivity index (χ4n) is 0. The Bertz CT molecular complexity index is 208. The van der Waals surface area contributed by atoms with Crippen molar-refractivity contribution in [3.63, 3.8) is 0 Å². The molecule has 13 heavy (non-hydrogen) atoms. The van der Waals surface area contributed by atoms with E-state index >= 15 is 0 Å². The average molecular weight is 479 g/mol. The van der Waals surface area contributed by atoms with Crippen molar-refractivity contribution < 1.29 is 104 Å². The predicted octanol–water partition coefficient (Wildman–Crippen LogP) is -4.29. The van der Waals surface area contributed by atoms with Gasteiger partial charge in [0.2, 0.25) is 0 Å². The fourth-order valence-corrected chi connectivity index (χ4v) is 0. The standard InChI is InChI=1S/Fe.3Nb.9O/q+3;;;;;;;;;;3*-1. The molecular weight excluding hydrogens is 479 g/mol. The average Bonchev–Trinajstić information content (AvgIpc) is 1.54. The van der Waals surface area contributed by atoms with E-state index in [1.165, 1.54) is 0 Å². The molecule has 0 aromatic heterocycles. The van der Waals surface area contributed by atoms with E-state index in [1.807, 2.05) is 0 Å². The van der Waals surface area contributed by atoms with E-state index in [-0.39, 0.29) is 17.1 Å². The molecule has 0 heterocycles. The summed E-state index contributed by atoms with van der Waals surface area (Å²) in [5.41, 5.74) is 0. The Labute approximate surface area is 102 Å². The van der Waals surface area contributed by atoms with E-state index in [0.29, 0.717) is 0 Å². The molecule has 0 rings (SSSR count). The van der Waals surface area contributed by atoms with Crippen LogP contribution in [-0.2, 0) is 92.9 Å². The van der Waals surface area contributed by atoms with E-state index in [0.717, 1.165) is 0 Å². The second-order valence-corrected chi connectivity index (χ2v) is 3.97. The van der Waals surface area contributed by atoms with Gasteiger partial charge in [-0.1, -0.05) is 0 Å². The Morgan fingerprint density at radius 1 is 0.538 bits per heavy atom. The van der Waals surface area contributed by atoms with Gasteiger partial charge in [-0.2, -0.15) is 0 Å². The van der Waals surface area contributed by atoms with Crippen LogP contribution in [0.3, 0.4) is 0 Å². The Kier molecular flexibility index (Phi) is 35.1. The Hall–Kier alpha value is 1.42. The van der Waals surface area contributed by atoms with Gasteiger partial charge in [0.05, 0.1) is 0 Å². The number of hydrogen-bond donors (Lipinski definition) is 0. The topological polar surface area (TPSA) is 172 Å². The molecule has 9 nitrogen and oxygen atoms in total. The maximum atomic E-state index is 8.60. The summed E-state index contributed by atoms with van der Waals surface area (Å²) in [5, 5.41) is 0. The Balaban J connectivity index is -0.0000000450. The van der Waals surface area contributed by atoms with E-state index in [4.69, 9.17) is 30.3 Å². The van der Waals surface area contributed by atoms with Crippen LogP contribution >= 0.6 is 0 Å². The maximum absolute atomic E-state index is 8.60. The van der Waals surface area contributed by atoms with Gasteiger partial charge < -0.3 is 0 Å². The van der Waals surface area contributed by atoms with Gasteiger partial charge in [-0.25, -0.2) is 0 Å². The molecule has 0 N–H and O–H groups in total. The van der Waals surface area contributed by atoms with Crippen molar-refractivity contribution in [2.75, 3.05) is 0 Å². The number of rotatable bonds is 0. The summed E-state index contributed by atoms with van der Waals surface area (Å²) >= 11 is -12.6. The van der Waals surface area contributed by atoms with Gasteiger partial charge in [-0.05, 0) is 0 Å². The van der Waals surface area contributed by atoms with E-state index in [9.17, 15) is 0 Å². The first-order chi connectivity index (χ1) is 5.20. The third-order valence-corrected chi connectivity index (χ3v) is 0. The third kappa shape index (κ3) is 868. The second-order valence-electron chi connectivity index (χ2n) is 0.671. The van der Waals surface area contributed by atoms with Crippen molar-refractivity contribution in [1.82, 2.24) is 0 Å². The first kappa shape index (κ1) is 23.9. The van der Waals surface area contributed by atoms with Gasteiger partial charge in [-0.15, -0.1) is 0 Å². The van der Waals surface area contributed by atoms with Crippen molar-refractivity contribution in [2.24, 2.45) is 0 Å². The molecule has 1 radical (unpaired) electrons. The molecule has 0 saturated carbocycles. The first-order valence-electron chi connectivity index (χ1n) is 1.64. The zero-order valence-corrected chi connectivity index (χ0v) is 13.1. The van der Waals surface area contributed by atoms with Crippen LogP contribution in [0.4, 0.5) is 0 Å². The molecule has 0 unspecified atom stereocenters. The van der Waals surface area contributed by atoms with Crippen LogP contribution in [-0.4, -0.2) is 0 Å². The molecule has 0 amide bonds. The summed E-state index contributed by atoms with van der Waals surface area (Å²) in [6, 6.07) is 0. The van der Waals surface area contributed by atoms with Crippen molar-refractivity contribution in [3.05, 3.63) is 0 Å². The van der Waals surface area contributed by atoms with Gasteiger partial charge in [0.25, 0.3) is 0 Å². The molecular formula is FeNb3O9. The minimum atomic E-state index is -4.20. The summed E-state index contributed by atoms with van der Waals surface area (Å²) in [7, 11) is 0. The molecule has 0 aromatic carbocycles. The van der Waals surface area contributed by atoms with Crippen LogP contribution in [0.2, 0.25) is 0 Å². The van der Waals surface area contributed by atoms with Gasteiger partial charge in [-0.3, -0.25) is 0 Å². The van der Waals surface area contributed by atoms with Crippen LogP contribution in [0, 0.1) is 0 Å². The summed E-state index contributed by atoms with van der Waals surface area (Å²) in [5.74, 6) is 0. The SMILES string of the molecule is [Fe+3].[O]=[Nb](=[O])[O-].[O]=[Nb](=[O])[O-].[O]=[Nb](=[O])[O-]. The third-order valence-electron chi connectivity index (χ3n) is 0. The molecule has 0 aliphatic rings. The Morgan fingerprint density at radius 3 is 0.538 bits per heavy atom. The van der Waals surface area contributed by atoms with Crippen molar-refractivity contribution in [1.29, 1.82) is 0 Å². The summed E-state index contributed by atoms with van der Waals surface area (Å²) in [6.45, 7) is 0. The molecule has 0 aromatic rings. The van der Waals surface area contributed by atoms with Crippen LogP contribution in [0.15, 0.2) is 0 Å². The quantitative estimate of drug-likeness (QED) is 0.312. The van der Waals surface area contributed by atoms with E-state index in [1.54, 1.807) is 0 Å². The molecule has 0 bridgehead atoms. The fraction of sp³-hybridized carbons (Fsp3) is 0. The zero-order valence-electron chi connectivity index (χ0n) is 5.37. The number of hydrogen-bond acceptors (Lipinski definition) is 9. The van der Waals surface area contributed by atoms with E-state index in [2.05, 4.69) is 0 Å². The molecule has 0 aliphatic heterocycles. The predicted molar refractivity (Wildman–Crippen MR) is 4.12 cm³/mol. The van der Waals surface area contributed by atoms with Gasteiger partial charge in [0.1, 0.15) is 0 Å². The summed E-state index contributed by atoms with van der Waals surface area (Å²) in [6.07, 6.45) is 0. The Morgan fingerprint density at radius 2 is 0.538 bits per heavy atom. The minimum absolute atomic E-state index is 0. The zero-order chi connectivity index (χ0) is 10.7. The van der Waals surface area contributed by atoms with Crippen molar-refractivity contribution in [2.45, 2.75) is 0 Å². The summed E-state index contributed by atoms with van der Waals surface area (Å²) in [4.78, 5) is 0. The van der Waals surface area contributed by atoms with Crippen LogP contribution in [0.25, 0.3) is 0 Å². The molecule has 0 spiro atoms. The van der Waals surface area contributed by atoms with Gasteiger partial charge in [0, 0.05) is 0 Å². The second kappa shape index (κ2) is 19.1. The monoisotopic (exact) mass is 479 g/mol. The van der Waals surface area contributed by atoms with Crippen LogP contribution < -0.4 is 10.8 Å². The molecule has 0 fully saturated rings. The van der Waals surface area contributed by atoms with Crippen LogP contribution in [0.5, 0.6) is 0 Å². The van der Waals surface area contributed by atoms with Gasteiger partial charge >= 0.3 is 104 Å². The molecule has 0 saturated heterocycles. The molecule has 77 valence electrons. The normalized spacial score (nSPS) is 5.77. The van der Waals surface area contributed by atoms with E-state index < -0.39 is 56.4 Å². The van der Waals surface area contributed by atoms with Crippen molar-refractivity contribution >= 4 is 0 Å². The first-order valence-corrected chi connectivity index (χ1v) is 9.72. The van der Waals surface area contributed by atoms with Gasteiger partial charge in [0.15, 0.2) is 0 Å². The summed E-state index contributed by atoms with van der Waals surface area (Å²) < 4.78 is 77.4. The van der Waals surface area contributed by atoms with Crippen LogP contribution in [0.1, 0.15) is 0 Å². The van der Waals surface area contributed by atoms with Crippen molar-refractivity contribution in [3.8, 4) is 0 Å².